The van der Waals surface area contributed by atoms with Crippen molar-refractivity contribution in [2.24, 2.45) is 0 Å². The van der Waals surface area contributed by atoms with Crippen molar-refractivity contribution in [2.45, 2.75) is 32.7 Å². The van der Waals surface area contributed by atoms with E-state index in [2.05, 4.69) is 11.9 Å². The number of unbranched alkanes of at least 4 members (excludes halogenated alkanes) is 1. The molecule has 1 aromatic heterocycles. The van der Waals surface area contributed by atoms with Crippen LogP contribution in [0.3, 0.4) is 0 Å². The monoisotopic (exact) mass is 390 g/mol. The molecule has 0 spiro atoms. The van der Waals surface area contributed by atoms with Gasteiger partial charge < -0.3 is 9.84 Å². The second kappa shape index (κ2) is 7.91. The maximum atomic E-state index is 12.8. The third kappa shape index (κ3) is 3.78. The maximum Gasteiger partial charge on any atom is 0.335 e. The molecule has 0 bridgehead atoms. The molecule has 0 saturated carbocycles. The van der Waals surface area contributed by atoms with Gasteiger partial charge in [0.2, 0.25) is 0 Å². The Labute approximate surface area is 168 Å². The summed E-state index contributed by atoms with van der Waals surface area (Å²) >= 11 is 0. The van der Waals surface area contributed by atoms with Crippen molar-refractivity contribution in [1.82, 2.24) is 9.55 Å². The molecule has 0 amide bonds. The topological polar surface area (TPSA) is 81.4 Å². The molecule has 2 heterocycles. The first kappa shape index (κ1) is 18.9. The molecular weight excluding hydrogens is 368 g/mol. The Morgan fingerprint density at radius 2 is 2.03 bits per heavy atom. The van der Waals surface area contributed by atoms with Crippen LogP contribution in [0.2, 0.25) is 0 Å². The van der Waals surface area contributed by atoms with Crippen molar-refractivity contribution < 1.29 is 14.6 Å². The van der Waals surface area contributed by atoms with Crippen LogP contribution in [-0.2, 0) is 6.54 Å². The number of carboxylic acids is 1. The Kier molecular flexibility index (Phi) is 5.16. The van der Waals surface area contributed by atoms with Gasteiger partial charge in [-0.25, -0.2) is 9.78 Å². The van der Waals surface area contributed by atoms with E-state index in [4.69, 9.17) is 4.74 Å². The van der Waals surface area contributed by atoms with Crippen molar-refractivity contribution in [2.75, 3.05) is 6.61 Å². The zero-order valence-corrected chi connectivity index (χ0v) is 16.2. The summed E-state index contributed by atoms with van der Waals surface area (Å²) < 4.78 is 7.36. The van der Waals surface area contributed by atoms with Crippen LogP contribution in [0.5, 0.6) is 5.75 Å². The van der Waals surface area contributed by atoms with E-state index in [-0.39, 0.29) is 11.1 Å². The molecule has 1 N–H and O–H groups in total. The highest BCUT2D eigenvalue weighted by Gasteiger charge is 2.21. The van der Waals surface area contributed by atoms with E-state index in [1.165, 1.54) is 12.1 Å². The molecule has 6 heteroatoms. The third-order valence-electron chi connectivity index (χ3n) is 5.08. The summed E-state index contributed by atoms with van der Waals surface area (Å²) in [4.78, 5) is 28.7. The van der Waals surface area contributed by atoms with Gasteiger partial charge in [-0.2, -0.15) is 0 Å². The molecule has 0 unspecified atom stereocenters. The minimum absolute atomic E-state index is 0.122. The highest BCUT2D eigenvalue weighted by Crippen LogP contribution is 2.28. The van der Waals surface area contributed by atoms with Gasteiger partial charge in [-0.15, -0.1) is 0 Å². The summed E-state index contributed by atoms with van der Waals surface area (Å²) in [5, 5.41) is 9.65. The molecule has 3 aromatic rings. The van der Waals surface area contributed by atoms with Crippen LogP contribution in [0, 0.1) is 0 Å². The average molecular weight is 390 g/mol. The average Bonchev–Trinajstić information content (AvgIpc) is 3.12. The van der Waals surface area contributed by atoms with Gasteiger partial charge in [0.25, 0.3) is 5.56 Å². The van der Waals surface area contributed by atoms with Crippen LogP contribution < -0.4 is 10.3 Å². The number of allylic oxidation sites excluding steroid dienone is 1. The number of rotatable bonds is 6. The first-order valence-electron chi connectivity index (χ1n) is 9.78. The fourth-order valence-electron chi connectivity index (χ4n) is 3.48. The molecule has 0 atom stereocenters. The summed E-state index contributed by atoms with van der Waals surface area (Å²) in [5.74, 6) is 0.411. The maximum absolute atomic E-state index is 12.8. The highest BCUT2D eigenvalue weighted by molar-refractivity contribution is 5.93. The predicted molar refractivity (Wildman–Crippen MR) is 112 cm³/mol. The number of hydrogen-bond donors (Lipinski definition) is 1. The summed E-state index contributed by atoms with van der Waals surface area (Å²) in [6.45, 7) is 3.41. The van der Waals surface area contributed by atoms with Crippen LogP contribution in [0.1, 0.15) is 47.9 Å². The number of hydrogen-bond acceptors (Lipinski definition) is 4. The summed E-state index contributed by atoms with van der Waals surface area (Å²) in [6, 6.07) is 12.3. The predicted octanol–water partition coefficient (Wildman–Crippen LogP) is 4.22. The molecule has 1 aliphatic rings. The van der Waals surface area contributed by atoms with Crippen LogP contribution >= 0.6 is 0 Å². The number of carboxylic acid groups (broad SMARTS) is 1. The highest BCUT2D eigenvalue weighted by atomic mass is 16.5. The van der Waals surface area contributed by atoms with E-state index in [9.17, 15) is 14.7 Å². The van der Waals surface area contributed by atoms with Gasteiger partial charge in [0, 0.05) is 6.54 Å². The zero-order valence-electron chi connectivity index (χ0n) is 16.2. The lowest BCUT2D eigenvalue weighted by atomic mass is 10.1. The molecule has 4 rings (SSSR count). The lowest BCUT2D eigenvalue weighted by molar-refractivity contribution is 0.0697. The van der Waals surface area contributed by atoms with E-state index in [0.717, 1.165) is 29.7 Å². The third-order valence-corrected chi connectivity index (χ3v) is 5.08. The Bertz CT molecular complexity index is 1160. The van der Waals surface area contributed by atoms with Gasteiger partial charge in [-0.1, -0.05) is 25.5 Å². The standard InChI is InChI=1S/C23H22N2O4/c1-2-3-12-29-18-7-4-15(5-8-18)13-16-10-11-25-21(16)24-20-14-17(23(27)28)6-9-19(20)22(25)26/h4-9,13-14H,2-3,10-12H2,1H3,(H,27,28)/b16-13-. The quantitative estimate of drug-likeness (QED) is 0.638. The molecule has 0 fully saturated rings. The Morgan fingerprint density at radius 1 is 1.24 bits per heavy atom. The number of fused-ring (bicyclic) bond motifs is 2. The largest absolute Gasteiger partial charge is 0.494 e. The number of nitrogens with zero attached hydrogens (tertiary/aromatic N) is 2. The van der Waals surface area contributed by atoms with Crippen LogP contribution in [0.25, 0.3) is 22.6 Å². The van der Waals surface area contributed by atoms with Gasteiger partial charge in [-0.05, 0) is 60.4 Å². The molecule has 0 radical (unpaired) electrons. The Morgan fingerprint density at radius 3 is 2.76 bits per heavy atom. The van der Waals surface area contributed by atoms with E-state index in [0.29, 0.717) is 36.3 Å². The van der Waals surface area contributed by atoms with Crippen molar-refractivity contribution in [1.29, 1.82) is 0 Å². The second-order valence-corrected chi connectivity index (χ2v) is 7.12. The Balaban J connectivity index is 1.67. The second-order valence-electron chi connectivity index (χ2n) is 7.12. The molecule has 1 aliphatic heterocycles. The molecule has 0 saturated heterocycles. The first-order valence-corrected chi connectivity index (χ1v) is 9.78. The minimum atomic E-state index is -1.04. The smallest absolute Gasteiger partial charge is 0.335 e. The van der Waals surface area contributed by atoms with E-state index >= 15 is 0 Å². The van der Waals surface area contributed by atoms with Gasteiger partial charge in [0.1, 0.15) is 11.6 Å². The number of aromatic carboxylic acids is 1. The summed E-state index contributed by atoms with van der Waals surface area (Å²) in [6.07, 6.45) is 4.85. The van der Waals surface area contributed by atoms with E-state index in [1.807, 2.05) is 30.3 Å². The van der Waals surface area contributed by atoms with Crippen molar-refractivity contribution >= 4 is 28.5 Å². The van der Waals surface area contributed by atoms with Gasteiger partial charge >= 0.3 is 5.97 Å². The van der Waals surface area contributed by atoms with Crippen molar-refractivity contribution in [3.05, 3.63) is 69.8 Å². The molecule has 0 aliphatic carbocycles. The van der Waals surface area contributed by atoms with Crippen LogP contribution in [-0.4, -0.2) is 27.2 Å². The molecule has 2 aromatic carbocycles. The van der Waals surface area contributed by atoms with Gasteiger partial charge in [0.05, 0.1) is 23.1 Å². The molecule has 6 nitrogen and oxygen atoms in total. The van der Waals surface area contributed by atoms with E-state index in [1.54, 1.807) is 10.6 Å². The number of carbonyl (C=O) groups is 1. The van der Waals surface area contributed by atoms with Gasteiger partial charge in [-0.3, -0.25) is 9.36 Å². The normalized spacial score (nSPS) is 14.3. The minimum Gasteiger partial charge on any atom is -0.494 e. The fourth-order valence-corrected chi connectivity index (χ4v) is 3.48. The fraction of sp³-hybridized carbons (Fsp3) is 0.261. The zero-order chi connectivity index (χ0) is 20.4. The van der Waals surface area contributed by atoms with Crippen LogP contribution in [0.15, 0.2) is 47.3 Å². The lowest BCUT2D eigenvalue weighted by Gasteiger charge is -2.07. The molecule has 29 heavy (non-hydrogen) atoms. The van der Waals surface area contributed by atoms with Crippen LogP contribution in [0.4, 0.5) is 0 Å². The number of benzene rings is 2. The molecular formula is C23H22N2O4. The van der Waals surface area contributed by atoms with E-state index < -0.39 is 5.97 Å². The summed E-state index contributed by atoms with van der Waals surface area (Å²) in [7, 11) is 0. The molecule has 148 valence electrons. The SMILES string of the molecule is CCCCOc1ccc(/C=C2/CCn3c2nc2cc(C(=O)O)ccc2c3=O)cc1. The van der Waals surface area contributed by atoms with Gasteiger partial charge in [0.15, 0.2) is 0 Å². The first-order chi connectivity index (χ1) is 14.1. The lowest BCUT2D eigenvalue weighted by Crippen LogP contribution is -2.20. The van der Waals surface area contributed by atoms with Crippen molar-refractivity contribution in [3.63, 3.8) is 0 Å². The van der Waals surface area contributed by atoms with Crippen molar-refractivity contribution in [3.8, 4) is 5.75 Å². The summed E-state index contributed by atoms with van der Waals surface area (Å²) in [5.41, 5.74) is 2.37. The number of ether oxygens (including phenoxy) is 1. The number of aromatic nitrogens is 2. The Hall–Kier alpha value is -3.41.